The lowest BCUT2D eigenvalue weighted by molar-refractivity contribution is 0.000585. The van der Waals surface area contributed by atoms with Crippen LogP contribution in [0.3, 0.4) is 0 Å². The van der Waals surface area contributed by atoms with Crippen molar-refractivity contribution in [3.05, 3.63) is 29.3 Å². The number of ether oxygens (including phenoxy) is 1. The minimum Gasteiger partial charge on any atom is -0.396 e. The molecule has 1 saturated heterocycles. The van der Waals surface area contributed by atoms with Crippen LogP contribution >= 0.6 is 11.3 Å². The fraction of sp³-hybridized carbons (Fsp3) is 0.562. The van der Waals surface area contributed by atoms with Crippen molar-refractivity contribution < 1.29 is 9.84 Å². The first-order valence-corrected chi connectivity index (χ1v) is 8.19. The van der Waals surface area contributed by atoms with Gasteiger partial charge in [0.15, 0.2) is 0 Å². The Bertz CT molecular complexity index is 589. The quantitative estimate of drug-likeness (QED) is 0.941. The maximum Gasteiger partial charge on any atom is 0.0946 e. The normalized spacial score (nSPS) is 30.1. The van der Waals surface area contributed by atoms with Crippen molar-refractivity contribution in [1.82, 2.24) is 4.98 Å². The Morgan fingerprint density at radius 1 is 1.35 bits per heavy atom. The summed E-state index contributed by atoms with van der Waals surface area (Å²) in [5.74, 6) is 0.666. The molecule has 1 aromatic carbocycles. The molecule has 4 rings (SSSR count). The van der Waals surface area contributed by atoms with Crippen LogP contribution in [0.4, 0.5) is 0 Å². The van der Waals surface area contributed by atoms with Crippen molar-refractivity contribution in [3.63, 3.8) is 0 Å². The number of fused-ring (bicyclic) bond motifs is 1. The second-order valence-electron chi connectivity index (χ2n) is 6.15. The smallest absolute Gasteiger partial charge is 0.0946 e. The highest BCUT2D eigenvalue weighted by molar-refractivity contribution is 7.18. The minimum absolute atomic E-state index is 0.102. The van der Waals surface area contributed by atoms with E-state index in [1.54, 1.807) is 11.3 Å². The summed E-state index contributed by atoms with van der Waals surface area (Å²) in [6, 6.07) is 8.26. The van der Waals surface area contributed by atoms with Crippen LogP contribution in [-0.4, -0.2) is 29.4 Å². The number of hydrogen-bond acceptors (Lipinski definition) is 4. The van der Waals surface area contributed by atoms with Gasteiger partial charge in [0, 0.05) is 18.4 Å². The van der Waals surface area contributed by atoms with Crippen LogP contribution in [0.5, 0.6) is 0 Å². The molecule has 2 aliphatic rings. The molecule has 1 aromatic heterocycles. The van der Waals surface area contributed by atoms with Gasteiger partial charge in [-0.2, -0.15) is 0 Å². The molecule has 0 radical (unpaired) electrons. The number of thiazole rings is 1. The van der Waals surface area contributed by atoms with Crippen molar-refractivity contribution in [3.8, 4) is 0 Å². The van der Waals surface area contributed by atoms with Gasteiger partial charge in [-0.15, -0.1) is 11.3 Å². The van der Waals surface area contributed by atoms with Gasteiger partial charge in [-0.1, -0.05) is 12.1 Å². The van der Waals surface area contributed by atoms with E-state index >= 15 is 0 Å². The van der Waals surface area contributed by atoms with Gasteiger partial charge in [0.25, 0.3) is 0 Å². The number of para-hydroxylation sites is 1. The molecule has 2 heterocycles. The first-order chi connectivity index (χ1) is 9.81. The number of aromatic nitrogens is 1. The molecule has 0 amide bonds. The summed E-state index contributed by atoms with van der Waals surface area (Å²) in [6.45, 7) is 0.997. The minimum atomic E-state index is -0.102. The lowest BCUT2D eigenvalue weighted by Gasteiger charge is -2.31. The first-order valence-electron chi connectivity index (χ1n) is 7.38. The zero-order chi connectivity index (χ0) is 13.6. The third kappa shape index (κ3) is 2.07. The summed E-state index contributed by atoms with van der Waals surface area (Å²) in [7, 11) is 0. The predicted molar refractivity (Wildman–Crippen MR) is 79.9 cm³/mol. The maximum absolute atomic E-state index is 10.00. The molecule has 2 fully saturated rings. The van der Waals surface area contributed by atoms with Gasteiger partial charge < -0.3 is 9.84 Å². The second-order valence-corrected chi connectivity index (χ2v) is 7.27. The van der Waals surface area contributed by atoms with E-state index in [1.807, 2.05) is 6.07 Å². The Hall–Kier alpha value is -0.970. The number of aliphatic hydroxyl groups excluding tert-OH is 1. The zero-order valence-electron chi connectivity index (χ0n) is 11.4. The molecule has 0 spiro atoms. The Kier molecular flexibility index (Phi) is 3.05. The van der Waals surface area contributed by atoms with E-state index in [4.69, 9.17) is 9.72 Å². The van der Waals surface area contributed by atoms with Gasteiger partial charge >= 0.3 is 0 Å². The van der Waals surface area contributed by atoms with Gasteiger partial charge in [0.2, 0.25) is 0 Å². The van der Waals surface area contributed by atoms with Crippen LogP contribution in [0.15, 0.2) is 24.3 Å². The van der Waals surface area contributed by atoms with Crippen molar-refractivity contribution in [1.29, 1.82) is 0 Å². The number of rotatable bonds is 4. The summed E-state index contributed by atoms with van der Waals surface area (Å²) < 4.78 is 7.18. The Morgan fingerprint density at radius 3 is 2.95 bits per heavy atom. The highest BCUT2D eigenvalue weighted by atomic mass is 32.1. The molecule has 20 heavy (non-hydrogen) atoms. The number of nitrogens with zero attached hydrogens (tertiary/aromatic N) is 1. The van der Waals surface area contributed by atoms with E-state index in [0.717, 1.165) is 30.0 Å². The standard InChI is InChI=1S/C16H19NO2S/c18-10-16(7-8-19-15(16)11-5-6-11)9-14-17-12-3-1-2-4-13(12)20-14/h1-4,11,15,18H,5-10H2. The molecule has 1 aliphatic heterocycles. The highest BCUT2D eigenvalue weighted by Crippen LogP contribution is 2.49. The lowest BCUT2D eigenvalue weighted by Crippen LogP contribution is -2.38. The maximum atomic E-state index is 10.00. The number of hydrogen-bond donors (Lipinski definition) is 1. The van der Waals surface area contributed by atoms with Crippen LogP contribution in [0.2, 0.25) is 0 Å². The van der Waals surface area contributed by atoms with E-state index in [9.17, 15) is 5.11 Å². The van der Waals surface area contributed by atoms with Crippen molar-refractivity contribution >= 4 is 21.6 Å². The van der Waals surface area contributed by atoms with Gasteiger partial charge in [-0.05, 0) is 37.3 Å². The predicted octanol–water partition coefficient (Wildman–Crippen LogP) is 3.02. The summed E-state index contributed by atoms with van der Waals surface area (Å²) in [5.41, 5.74) is 0.970. The zero-order valence-corrected chi connectivity index (χ0v) is 12.2. The molecule has 2 aromatic rings. The van der Waals surface area contributed by atoms with E-state index in [2.05, 4.69) is 18.2 Å². The molecule has 1 N–H and O–H groups in total. The fourth-order valence-electron chi connectivity index (χ4n) is 3.45. The lowest BCUT2D eigenvalue weighted by atomic mass is 9.77. The number of aliphatic hydroxyl groups is 1. The van der Waals surface area contributed by atoms with Crippen molar-refractivity contribution in [2.24, 2.45) is 11.3 Å². The van der Waals surface area contributed by atoms with E-state index in [-0.39, 0.29) is 18.1 Å². The van der Waals surface area contributed by atoms with E-state index in [1.165, 1.54) is 17.5 Å². The number of benzene rings is 1. The van der Waals surface area contributed by atoms with Gasteiger partial charge in [0.05, 0.1) is 27.9 Å². The van der Waals surface area contributed by atoms with Gasteiger partial charge in [-0.25, -0.2) is 4.98 Å². The van der Waals surface area contributed by atoms with Crippen molar-refractivity contribution in [2.45, 2.75) is 31.8 Å². The van der Waals surface area contributed by atoms with Crippen molar-refractivity contribution in [2.75, 3.05) is 13.2 Å². The summed E-state index contributed by atoms with van der Waals surface area (Å²) in [4.78, 5) is 4.74. The third-order valence-corrected chi connectivity index (χ3v) is 5.74. The van der Waals surface area contributed by atoms with Crippen LogP contribution < -0.4 is 0 Å². The summed E-state index contributed by atoms with van der Waals surface area (Å²) in [5, 5.41) is 11.1. The Labute approximate surface area is 122 Å². The highest BCUT2D eigenvalue weighted by Gasteiger charge is 2.51. The van der Waals surface area contributed by atoms with Crippen LogP contribution in [0, 0.1) is 11.3 Å². The molecule has 0 bridgehead atoms. The van der Waals surface area contributed by atoms with Gasteiger partial charge in [-0.3, -0.25) is 0 Å². The Morgan fingerprint density at radius 2 is 2.20 bits per heavy atom. The van der Waals surface area contributed by atoms with Crippen LogP contribution in [0.1, 0.15) is 24.3 Å². The molecule has 3 nitrogen and oxygen atoms in total. The van der Waals surface area contributed by atoms with Gasteiger partial charge in [0.1, 0.15) is 0 Å². The monoisotopic (exact) mass is 289 g/mol. The first kappa shape index (κ1) is 12.7. The average Bonchev–Trinajstić information content (AvgIpc) is 3.09. The topological polar surface area (TPSA) is 42.4 Å². The van der Waals surface area contributed by atoms with E-state index in [0.29, 0.717) is 5.92 Å². The molecule has 2 unspecified atom stereocenters. The molecular formula is C16H19NO2S. The Balaban J connectivity index is 1.64. The molecule has 1 saturated carbocycles. The third-order valence-electron chi connectivity index (χ3n) is 4.71. The SMILES string of the molecule is OCC1(Cc2nc3ccccc3s2)CCOC1C1CC1. The van der Waals surface area contributed by atoms with Crippen LogP contribution in [0.25, 0.3) is 10.2 Å². The molecule has 4 heteroatoms. The second kappa shape index (κ2) is 4.79. The van der Waals surface area contributed by atoms with E-state index < -0.39 is 0 Å². The summed E-state index contributed by atoms with van der Waals surface area (Å²) in [6.07, 6.45) is 4.56. The van der Waals surface area contributed by atoms with Crippen LogP contribution in [-0.2, 0) is 11.2 Å². The summed E-state index contributed by atoms with van der Waals surface area (Å²) >= 11 is 1.75. The molecule has 106 valence electrons. The molecular weight excluding hydrogens is 270 g/mol. The fourth-order valence-corrected chi connectivity index (χ4v) is 4.58. The average molecular weight is 289 g/mol. The molecule has 1 aliphatic carbocycles. The molecule has 2 atom stereocenters. The largest absolute Gasteiger partial charge is 0.396 e.